The van der Waals surface area contributed by atoms with Gasteiger partial charge in [0, 0.05) is 24.0 Å². The molecule has 2 aliphatic rings. The van der Waals surface area contributed by atoms with Gasteiger partial charge in [0.1, 0.15) is 4.32 Å². The average Bonchev–Trinajstić information content (AvgIpc) is 3.07. The molecule has 0 radical (unpaired) electrons. The molecule has 0 unspecified atom stereocenters. The number of hydrogen-bond acceptors (Lipinski definition) is 6. The highest BCUT2D eigenvalue weighted by Gasteiger charge is 2.33. The lowest BCUT2D eigenvalue weighted by Crippen LogP contribution is -2.38. The first-order chi connectivity index (χ1) is 12.7. The van der Waals surface area contributed by atoms with Crippen LogP contribution >= 0.6 is 35.6 Å². The molecule has 0 saturated carbocycles. The summed E-state index contributed by atoms with van der Waals surface area (Å²) < 4.78 is 23.3. The molecule has 144 valence electrons. The van der Waals surface area contributed by atoms with Crippen molar-refractivity contribution in [3.8, 4) is 0 Å². The van der Waals surface area contributed by atoms with E-state index < -0.39 is 9.84 Å². The van der Waals surface area contributed by atoms with E-state index in [0.717, 1.165) is 5.56 Å². The Hall–Kier alpha value is -1.42. The number of carbonyl (C=O) groups is 2. The maximum absolute atomic E-state index is 12.6. The fraction of sp³-hybridized carbons (Fsp3) is 0.353. The molecule has 2 fully saturated rings. The summed E-state index contributed by atoms with van der Waals surface area (Å²) >= 11 is 12.5. The fourth-order valence-electron chi connectivity index (χ4n) is 2.85. The maximum atomic E-state index is 12.6. The molecule has 10 heteroatoms. The van der Waals surface area contributed by atoms with Gasteiger partial charge in [0.2, 0.25) is 5.91 Å². The Balaban J connectivity index is 1.58. The molecule has 1 atom stereocenters. The van der Waals surface area contributed by atoms with Gasteiger partial charge in [-0.15, -0.1) is 0 Å². The molecule has 6 nitrogen and oxygen atoms in total. The Bertz CT molecular complexity index is 930. The van der Waals surface area contributed by atoms with Crippen LogP contribution in [-0.2, 0) is 19.4 Å². The number of nitrogens with one attached hydrogen (secondary N) is 1. The monoisotopic (exact) mass is 444 g/mol. The molecule has 3 rings (SSSR count). The summed E-state index contributed by atoms with van der Waals surface area (Å²) in [6, 6.07) is 6.82. The minimum absolute atomic E-state index is 0.0274. The number of thioether (sulfide) groups is 1. The highest BCUT2D eigenvalue weighted by atomic mass is 35.5. The number of carbonyl (C=O) groups excluding carboxylic acids is 2. The van der Waals surface area contributed by atoms with Crippen LogP contribution in [0.4, 0.5) is 0 Å². The average molecular weight is 445 g/mol. The molecule has 1 N–H and O–H groups in total. The van der Waals surface area contributed by atoms with E-state index in [2.05, 4.69) is 5.32 Å². The smallest absolute Gasteiger partial charge is 0.266 e. The first-order valence-corrected chi connectivity index (χ1v) is 11.7. The molecule has 2 saturated heterocycles. The summed E-state index contributed by atoms with van der Waals surface area (Å²) in [6.45, 7) is 0.149. The zero-order chi connectivity index (χ0) is 19.6. The van der Waals surface area contributed by atoms with Crippen molar-refractivity contribution in [1.82, 2.24) is 10.2 Å². The second kappa shape index (κ2) is 8.30. The van der Waals surface area contributed by atoms with Gasteiger partial charge in [-0.05, 0) is 24.1 Å². The van der Waals surface area contributed by atoms with E-state index in [0.29, 0.717) is 20.7 Å². The van der Waals surface area contributed by atoms with Gasteiger partial charge in [-0.1, -0.05) is 53.8 Å². The Labute approximate surface area is 172 Å². The predicted octanol–water partition coefficient (Wildman–Crippen LogP) is 2.23. The van der Waals surface area contributed by atoms with Gasteiger partial charge in [-0.2, -0.15) is 0 Å². The van der Waals surface area contributed by atoms with Gasteiger partial charge in [-0.25, -0.2) is 8.42 Å². The van der Waals surface area contributed by atoms with Gasteiger partial charge in [0.15, 0.2) is 9.84 Å². The third-order valence-electron chi connectivity index (χ3n) is 4.23. The summed E-state index contributed by atoms with van der Waals surface area (Å²) in [7, 11) is -3.05. The number of halogens is 1. The number of hydrogen-bond donors (Lipinski definition) is 1. The molecule has 2 heterocycles. The highest BCUT2D eigenvalue weighted by molar-refractivity contribution is 8.26. The van der Waals surface area contributed by atoms with Crippen molar-refractivity contribution >= 4 is 67.6 Å². The Morgan fingerprint density at radius 3 is 2.81 bits per heavy atom. The third-order valence-corrected chi connectivity index (χ3v) is 7.72. The molecule has 27 heavy (non-hydrogen) atoms. The van der Waals surface area contributed by atoms with Crippen LogP contribution in [0.15, 0.2) is 29.2 Å². The predicted molar refractivity (Wildman–Crippen MR) is 111 cm³/mol. The lowest BCUT2D eigenvalue weighted by molar-refractivity contribution is -0.124. The van der Waals surface area contributed by atoms with Gasteiger partial charge in [-0.3, -0.25) is 14.5 Å². The molecular formula is C17H17ClN2O4S3. The number of sulfone groups is 1. The van der Waals surface area contributed by atoms with Gasteiger partial charge >= 0.3 is 0 Å². The van der Waals surface area contributed by atoms with Crippen LogP contribution in [0.5, 0.6) is 0 Å². The van der Waals surface area contributed by atoms with E-state index in [9.17, 15) is 18.0 Å². The van der Waals surface area contributed by atoms with Crippen LogP contribution in [0.1, 0.15) is 18.4 Å². The van der Waals surface area contributed by atoms with E-state index in [4.69, 9.17) is 23.8 Å². The quantitative estimate of drug-likeness (QED) is 0.554. The van der Waals surface area contributed by atoms with Gasteiger partial charge in [0.25, 0.3) is 5.91 Å². The lowest BCUT2D eigenvalue weighted by atomic mass is 10.2. The Morgan fingerprint density at radius 1 is 1.41 bits per heavy atom. The first kappa shape index (κ1) is 20.3. The maximum Gasteiger partial charge on any atom is 0.266 e. The summed E-state index contributed by atoms with van der Waals surface area (Å²) in [5.41, 5.74) is 0.722. The van der Waals surface area contributed by atoms with Crippen molar-refractivity contribution < 1.29 is 18.0 Å². The van der Waals surface area contributed by atoms with E-state index in [1.165, 1.54) is 16.7 Å². The largest absolute Gasteiger partial charge is 0.352 e. The second-order valence-corrected chi connectivity index (χ2v) is 10.6. The van der Waals surface area contributed by atoms with Crippen LogP contribution < -0.4 is 5.32 Å². The van der Waals surface area contributed by atoms with E-state index in [-0.39, 0.29) is 42.3 Å². The molecule has 1 aromatic carbocycles. The Morgan fingerprint density at radius 2 is 2.15 bits per heavy atom. The lowest BCUT2D eigenvalue weighted by Gasteiger charge is -2.15. The normalized spacial score (nSPS) is 23.2. The highest BCUT2D eigenvalue weighted by Crippen LogP contribution is 2.33. The van der Waals surface area contributed by atoms with Gasteiger partial charge in [0.05, 0.1) is 16.4 Å². The summed E-state index contributed by atoms with van der Waals surface area (Å²) in [4.78, 5) is 26.5. The van der Waals surface area contributed by atoms with Gasteiger partial charge < -0.3 is 5.32 Å². The van der Waals surface area contributed by atoms with Crippen molar-refractivity contribution in [1.29, 1.82) is 0 Å². The van der Waals surface area contributed by atoms with Crippen LogP contribution in [-0.4, -0.2) is 53.5 Å². The Kier molecular flexibility index (Phi) is 6.25. The standard InChI is InChI=1S/C17H17ClN2O4S3/c18-13-4-2-1-3-11(13)9-14-16(22)20(17(25)26-14)7-5-15(21)19-12-6-8-27(23,24)10-12/h1-4,9,12H,5-8,10H2,(H,19,21)/b14-9-/t12-/m0/s1. The molecular weight excluding hydrogens is 428 g/mol. The molecule has 0 bridgehead atoms. The topological polar surface area (TPSA) is 83.6 Å². The number of nitrogens with zero attached hydrogens (tertiary/aromatic N) is 1. The van der Waals surface area contributed by atoms with Crippen molar-refractivity contribution in [2.75, 3.05) is 18.1 Å². The molecule has 2 aliphatic heterocycles. The van der Waals surface area contributed by atoms with Crippen LogP contribution in [0, 0.1) is 0 Å². The number of rotatable bonds is 5. The van der Waals surface area contributed by atoms with E-state index in [1.807, 2.05) is 6.07 Å². The fourth-order valence-corrected chi connectivity index (χ4v) is 6.01. The first-order valence-electron chi connectivity index (χ1n) is 8.25. The minimum Gasteiger partial charge on any atom is -0.352 e. The molecule has 0 aromatic heterocycles. The molecule has 0 spiro atoms. The van der Waals surface area contributed by atoms with Crippen molar-refractivity contribution in [3.05, 3.63) is 39.8 Å². The van der Waals surface area contributed by atoms with Crippen LogP contribution in [0.25, 0.3) is 6.08 Å². The molecule has 2 amide bonds. The SMILES string of the molecule is O=C(CCN1C(=O)/C(=C/c2ccccc2Cl)SC1=S)N[C@H]1CCS(=O)(=O)C1. The van der Waals surface area contributed by atoms with Crippen LogP contribution in [0.2, 0.25) is 5.02 Å². The van der Waals surface area contributed by atoms with Crippen molar-refractivity contribution in [2.45, 2.75) is 18.9 Å². The molecule has 1 aromatic rings. The zero-order valence-corrected chi connectivity index (χ0v) is 17.4. The van der Waals surface area contributed by atoms with Crippen molar-refractivity contribution in [3.63, 3.8) is 0 Å². The number of thiocarbonyl (C=S) groups is 1. The summed E-state index contributed by atoms with van der Waals surface area (Å²) in [5.74, 6) is -0.484. The summed E-state index contributed by atoms with van der Waals surface area (Å²) in [5, 5.41) is 3.24. The number of benzene rings is 1. The molecule has 0 aliphatic carbocycles. The van der Waals surface area contributed by atoms with E-state index >= 15 is 0 Å². The number of amides is 2. The van der Waals surface area contributed by atoms with E-state index in [1.54, 1.807) is 24.3 Å². The zero-order valence-electron chi connectivity index (χ0n) is 14.2. The second-order valence-electron chi connectivity index (χ2n) is 6.27. The summed E-state index contributed by atoms with van der Waals surface area (Å²) in [6.07, 6.45) is 2.17. The van der Waals surface area contributed by atoms with Crippen molar-refractivity contribution in [2.24, 2.45) is 0 Å². The van der Waals surface area contributed by atoms with Crippen LogP contribution in [0.3, 0.4) is 0 Å². The minimum atomic E-state index is -3.05. The third kappa shape index (κ3) is 5.10.